The summed E-state index contributed by atoms with van der Waals surface area (Å²) in [4.78, 5) is 0. The number of rotatable bonds is 4. The largest absolute Gasteiger partial charge is 0.392 e. The molecule has 1 aliphatic carbocycles. The summed E-state index contributed by atoms with van der Waals surface area (Å²) in [6.07, 6.45) is 10.3. The highest BCUT2D eigenvalue weighted by atomic mass is 16.3. The Morgan fingerprint density at radius 1 is 1.14 bits per heavy atom. The molecule has 1 fully saturated rings. The van der Waals surface area contributed by atoms with Crippen LogP contribution in [-0.2, 0) is 0 Å². The summed E-state index contributed by atoms with van der Waals surface area (Å²) in [5, 5.41) is 12.9. The van der Waals surface area contributed by atoms with Gasteiger partial charge in [-0.25, -0.2) is 0 Å². The lowest BCUT2D eigenvalue weighted by Crippen LogP contribution is -2.35. The summed E-state index contributed by atoms with van der Waals surface area (Å²) in [7, 11) is 0. The van der Waals surface area contributed by atoms with E-state index < -0.39 is 0 Å². The number of nitrogens with one attached hydrogen (secondary N) is 1. The molecule has 2 N–H and O–H groups in total. The molecule has 0 aromatic rings. The van der Waals surface area contributed by atoms with Gasteiger partial charge in [0.25, 0.3) is 0 Å². The second-order valence-electron chi connectivity index (χ2n) is 4.51. The van der Waals surface area contributed by atoms with Crippen LogP contribution in [0.15, 0.2) is 0 Å². The van der Waals surface area contributed by atoms with E-state index in [4.69, 9.17) is 0 Å². The van der Waals surface area contributed by atoms with Gasteiger partial charge in [-0.1, -0.05) is 39.0 Å². The Bertz CT molecular complexity index is 130. The van der Waals surface area contributed by atoms with Crippen molar-refractivity contribution < 1.29 is 5.11 Å². The molecule has 0 bridgehead atoms. The van der Waals surface area contributed by atoms with E-state index in [1.807, 2.05) is 6.92 Å². The second-order valence-corrected chi connectivity index (χ2v) is 4.51. The van der Waals surface area contributed by atoms with Crippen LogP contribution < -0.4 is 5.32 Å². The molecule has 0 aliphatic heterocycles. The highest BCUT2D eigenvalue weighted by molar-refractivity contribution is 4.71. The fraction of sp³-hybridized carbons (Fsp3) is 1.00. The van der Waals surface area contributed by atoms with Gasteiger partial charge < -0.3 is 10.4 Å². The molecule has 0 aromatic heterocycles. The van der Waals surface area contributed by atoms with Gasteiger partial charge in [-0.2, -0.15) is 0 Å². The van der Waals surface area contributed by atoms with E-state index in [1.165, 1.54) is 44.9 Å². The molecule has 1 atom stereocenters. The van der Waals surface area contributed by atoms with Gasteiger partial charge in [0, 0.05) is 12.6 Å². The van der Waals surface area contributed by atoms with Crippen molar-refractivity contribution in [2.24, 2.45) is 0 Å². The fourth-order valence-corrected chi connectivity index (χ4v) is 2.11. The quantitative estimate of drug-likeness (QED) is 0.729. The van der Waals surface area contributed by atoms with Crippen molar-refractivity contribution in [1.29, 1.82) is 0 Å². The zero-order valence-corrected chi connectivity index (χ0v) is 9.47. The Balaban J connectivity index is 2.13. The molecule has 14 heavy (non-hydrogen) atoms. The zero-order chi connectivity index (χ0) is 10.2. The van der Waals surface area contributed by atoms with Crippen molar-refractivity contribution in [2.75, 3.05) is 6.54 Å². The molecule has 0 heterocycles. The molecule has 0 amide bonds. The summed E-state index contributed by atoms with van der Waals surface area (Å²) in [6.45, 7) is 2.81. The van der Waals surface area contributed by atoms with E-state index in [9.17, 15) is 5.11 Å². The van der Waals surface area contributed by atoms with Gasteiger partial charge in [0.15, 0.2) is 0 Å². The van der Waals surface area contributed by atoms with E-state index in [0.29, 0.717) is 6.04 Å². The number of aliphatic hydroxyl groups excluding tert-OH is 1. The van der Waals surface area contributed by atoms with Crippen LogP contribution in [0.25, 0.3) is 0 Å². The van der Waals surface area contributed by atoms with Gasteiger partial charge in [0.2, 0.25) is 0 Å². The molecular weight excluding hydrogens is 174 g/mol. The van der Waals surface area contributed by atoms with Crippen LogP contribution in [0.3, 0.4) is 0 Å². The van der Waals surface area contributed by atoms with Crippen LogP contribution in [0.2, 0.25) is 0 Å². The third-order valence-corrected chi connectivity index (χ3v) is 3.22. The van der Waals surface area contributed by atoms with E-state index in [-0.39, 0.29) is 6.10 Å². The number of hydrogen-bond acceptors (Lipinski definition) is 2. The summed E-state index contributed by atoms with van der Waals surface area (Å²) < 4.78 is 0. The standard InChI is InChI=1S/C12H25NO/c1-2-12(14)10-13-11-8-6-4-3-5-7-9-11/h11-14H,2-10H2,1H3. The zero-order valence-electron chi connectivity index (χ0n) is 9.47. The predicted octanol–water partition coefficient (Wildman–Crippen LogP) is 2.46. The number of aliphatic hydroxyl groups is 1. The molecule has 0 spiro atoms. The van der Waals surface area contributed by atoms with Gasteiger partial charge in [0.05, 0.1) is 6.10 Å². The maximum atomic E-state index is 9.45. The Hall–Kier alpha value is -0.0800. The van der Waals surface area contributed by atoms with Gasteiger partial charge in [-0.05, 0) is 19.3 Å². The molecule has 2 heteroatoms. The average molecular weight is 199 g/mol. The SMILES string of the molecule is CCC(O)CNC1CCCCCCC1. The Labute approximate surface area is 88.1 Å². The van der Waals surface area contributed by atoms with E-state index in [0.717, 1.165) is 13.0 Å². The van der Waals surface area contributed by atoms with Gasteiger partial charge in [0.1, 0.15) is 0 Å². The topological polar surface area (TPSA) is 32.3 Å². The molecule has 0 saturated heterocycles. The first-order valence-electron chi connectivity index (χ1n) is 6.24. The van der Waals surface area contributed by atoms with Crippen molar-refractivity contribution in [3.8, 4) is 0 Å². The molecule has 1 unspecified atom stereocenters. The summed E-state index contributed by atoms with van der Waals surface area (Å²) in [5.41, 5.74) is 0. The van der Waals surface area contributed by atoms with Crippen LogP contribution in [0.5, 0.6) is 0 Å². The second kappa shape index (κ2) is 7.24. The first-order chi connectivity index (χ1) is 6.83. The maximum Gasteiger partial charge on any atom is 0.0662 e. The number of hydrogen-bond donors (Lipinski definition) is 2. The molecule has 1 rings (SSSR count). The predicted molar refractivity (Wildman–Crippen MR) is 60.4 cm³/mol. The molecule has 1 saturated carbocycles. The Kier molecular flexibility index (Phi) is 6.20. The first kappa shape index (κ1) is 12.0. The molecule has 2 nitrogen and oxygen atoms in total. The lowest BCUT2D eigenvalue weighted by molar-refractivity contribution is 0.160. The first-order valence-corrected chi connectivity index (χ1v) is 6.24. The smallest absolute Gasteiger partial charge is 0.0662 e. The Morgan fingerprint density at radius 2 is 1.71 bits per heavy atom. The van der Waals surface area contributed by atoms with E-state index >= 15 is 0 Å². The molecule has 84 valence electrons. The summed E-state index contributed by atoms with van der Waals surface area (Å²) in [6, 6.07) is 0.663. The van der Waals surface area contributed by atoms with E-state index in [2.05, 4.69) is 5.32 Å². The van der Waals surface area contributed by atoms with Crippen LogP contribution >= 0.6 is 0 Å². The Morgan fingerprint density at radius 3 is 2.29 bits per heavy atom. The molecular formula is C12H25NO. The maximum absolute atomic E-state index is 9.45. The van der Waals surface area contributed by atoms with Gasteiger partial charge >= 0.3 is 0 Å². The van der Waals surface area contributed by atoms with Gasteiger partial charge in [-0.15, -0.1) is 0 Å². The third kappa shape index (κ3) is 4.97. The summed E-state index contributed by atoms with van der Waals surface area (Å²) >= 11 is 0. The fourth-order valence-electron chi connectivity index (χ4n) is 2.11. The van der Waals surface area contributed by atoms with Crippen LogP contribution in [0.4, 0.5) is 0 Å². The molecule has 1 aliphatic rings. The minimum absolute atomic E-state index is 0.152. The van der Waals surface area contributed by atoms with Crippen molar-refractivity contribution in [3.05, 3.63) is 0 Å². The van der Waals surface area contributed by atoms with Crippen molar-refractivity contribution in [1.82, 2.24) is 5.32 Å². The lowest BCUT2D eigenvalue weighted by Gasteiger charge is -2.22. The van der Waals surface area contributed by atoms with Crippen LogP contribution in [0, 0.1) is 0 Å². The molecule has 0 radical (unpaired) electrons. The van der Waals surface area contributed by atoms with Crippen molar-refractivity contribution in [3.63, 3.8) is 0 Å². The highest BCUT2D eigenvalue weighted by Gasteiger charge is 2.11. The minimum Gasteiger partial charge on any atom is -0.392 e. The third-order valence-electron chi connectivity index (χ3n) is 3.22. The minimum atomic E-state index is -0.152. The molecule has 0 aromatic carbocycles. The highest BCUT2D eigenvalue weighted by Crippen LogP contribution is 2.16. The average Bonchev–Trinajstić information content (AvgIpc) is 2.15. The van der Waals surface area contributed by atoms with Crippen molar-refractivity contribution >= 4 is 0 Å². The van der Waals surface area contributed by atoms with Gasteiger partial charge in [-0.3, -0.25) is 0 Å². The van der Waals surface area contributed by atoms with Crippen LogP contribution in [-0.4, -0.2) is 23.8 Å². The lowest BCUT2D eigenvalue weighted by atomic mass is 9.96. The van der Waals surface area contributed by atoms with E-state index in [1.54, 1.807) is 0 Å². The van der Waals surface area contributed by atoms with Crippen molar-refractivity contribution in [2.45, 2.75) is 70.4 Å². The monoisotopic (exact) mass is 199 g/mol. The summed E-state index contributed by atoms with van der Waals surface area (Å²) in [5.74, 6) is 0. The normalized spacial score (nSPS) is 22.7. The van der Waals surface area contributed by atoms with Crippen LogP contribution in [0.1, 0.15) is 58.3 Å².